The molecule has 0 aromatic heterocycles. The molecule has 1 amide bonds. The summed E-state index contributed by atoms with van der Waals surface area (Å²) in [5.41, 5.74) is 3.30. The first-order chi connectivity index (χ1) is 8.65. The Balaban J connectivity index is 1.84. The van der Waals surface area contributed by atoms with Gasteiger partial charge in [-0.3, -0.25) is 10.2 Å². The average Bonchev–Trinajstić information content (AvgIpc) is 2.93. The van der Waals surface area contributed by atoms with Crippen LogP contribution in [0.1, 0.15) is 25.1 Å². The summed E-state index contributed by atoms with van der Waals surface area (Å²) in [5, 5.41) is 11.8. The lowest BCUT2D eigenvalue weighted by Gasteiger charge is -2.26. The maximum absolute atomic E-state index is 11.3. The van der Waals surface area contributed by atoms with Gasteiger partial charge < -0.3 is 14.6 Å². The lowest BCUT2D eigenvalue weighted by molar-refractivity contribution is -0.124. The lowest BCUT2D eigenvalue weighted by Crippen LogP contribution is -2.40. The molecule has 1 saturated heterocycles. The Bertz CT molecular complexity index is 491. The third-order valence-electron chi connectivity index (χ3n) is 3.17. The van der Waals surface area contributed by atoms with Gasteiger partial charge in [0.15, 0.2) is 11.5 Å². The van der Waals surface area contributed by atoms with E-state index in [0.717, 1.165) is 0 Å². The number of nitrogens with one attached hydrogen (secondary N) is 1. The van der Waals surface area contributed by atoms with E-state index in [4.69, 9.17) is 9.47 Å². The highest BCUT2D eigenvalue weighted by atomic mass is 16.7. The van der Waals surface area contributed by atoms with Crippen LogP contribution in [0.3, 0.4) is 0 Å². The summed E-state index contributed by atoms with van der Waals surface area (Å²) >= 11 is 0. The third kappa shape index (κ3) is 1.79. The van der Waals surface area contributed by atoms with Gasteiger partial charge in [-0.2, -0.15) is 5.01 Å². The number of aliphatic hydroxyl groups is 1. The van der Waals surface area contributed by atoms with E-state index in [0.29, 0.717) is 23.5 Å². The normalized spacial score (nSPS) is 24.1. The van der Waals surface area contributed by atoms with Gasteiger partial charge in [0.05, 0.1) is 0 Å². The van der Waals surface area contributed by atoms with Gasteiger partial charge in [0.2, 0.25) is 12.7 Å². The summed E-state index contributed by atoms with van der Waals surface area (Å²) in [6.07, 6.45) is -0.498. The molecule has 96 valence electrons. The van der Waals surface area contributed by atoms with Crippen LogP contribution < -0.4 is 14.9 Å². The number of hydrogen-bond acceptors (Lipinski definition) is 5. The minimum Gasteiger partial charge on any atom is -0.454 e. The van der Waals surface area contributed by atoms with E-state index in [9.17, 15) is 9.90 Å². The fourth-order valence-corrected chi connectivity index (χ4v) is 2.20. The Morgan fingerprint density at radius 1 is 1.44 bits per heavy atom. The maximum Gasteiger partial charge on any atom is 0.236 e. The van der Waals surface area contributed by atoms with Crippen molar-refractivity contribution in [2.45, 2.75) is 25.6 Å². The van der Waals surface area contributed by atoms with Gasteiger partial charge in [-0.25, -0.2) is 0 Å². The Morgan fingerprint density at radius 3 is 2.94 bits per heavy atom. The van der Waals surface area contributed by atoms with Crippen LogP contribution in [0.25, 0.3) is 0 Å². The van der Waals surface area contributed by atoms with Crippen molar-refractivity contribution in [3.63, 3.8) is 0 Å². The summed E-state index contributed by atoms with van der Waals surface area (Å²) in [5.74, 6) is 1.21. The number of ether oxygens (including phenoxy) is 2. The first-order valence-electron chi connectivity index (χ1n) is 5.80. The number of carbonyl (C=O) groups excluding carboxylic acids is 1. The van der Waals surface area contributed by atoms with Gasteiger partial charge >= 0.3 is 0 Å². The van der Waals surface area contributed by atoms with E-state index in [2.05, 4.69) is 5.43 Å². The second kappa shape index (κ2) is 4.15. The van der Waals surface area contributed by atoms with Crippen molar-refractivity contribution in [3.05, 3.63) is 23.8 Å². The zero-order valence-corrected chi connectivity index (χ0v) is 9.92. The topological polar surface area (TPSA) is 71.0 Å². The van der Waals surface area contributed by atoms with Crippen LogP contribution in [0, 0.1) is 0 Å². The van der Waals surface area contributed by atoms with Gasteiger partial charge in [-0.15, -0.1) is 0 Å². The summed E-state index contributed by atoms with van der Waals surface area (Å²) in [7, 11) is 0. The number of hydrogen-bond donors (Lipinski definition) is 2. The van der Waals surface area contributed by atoms with Crippen molar-refractivity contribution in [2.24, 2.45) is 0 Å². The van der Waals surface area contributed by atoms with Gasteiger partial charge in [0.25, 0.3) is 0 Å². The molecular formula is C12H14N2O4. The van der Waals surface area contributed by atoms with Crippen LogP contribution in [0.4, 0.5) is 0 Å². The Hall–Kier alpha value is -1.79. The molecule has 1 aromatic rings. The lowest BCUT2D eigenvalue weighted by atomic mass is 10.1. The minimum atomic E-state index is -0.888. The molecule has 2 aliphatic heterocycles. The van der Waals surface area contributed by atoms with E-state index < -0.39 is 6.23 Å². The van der Waals surface area contributed by atoms with Crippen LogP contribution in [0.5, 0.6) is 11.5 Å². The SMILES string of the molecule is C[C@H]1CC(=O)NN1[C@H](O)c1ccc2c(c1)OCO2. The number of aliphatic hydroxyl groups excluding tert-OH is 1. The molecule has 0 saturated carbocycles. The molecule has 0 bridgehead atoms. The molecule has 1 aromatic carbocycles. The van der Waals surface area contributed by atoms with Gasteiger partial charge in [-0.05, 0) is 19.1 Å². The molecule has 6 nitrogen and oxygen atoms in total. The monoisotopic (exact) mass is 250 g/mol. The zero-order chi connectivity index (χ0) is 12.7. The van der Waals surface area contributed by atoms with Crippen molar-refractivity contribution >= 4 is 5.91 Å². The van der Waals surface area contributed by atoms with E-state index in [1.54, 1.807) is 23.2 Å². The number of benzene rings is 1. The quantitative estimate of drug-likeness (QED) is 0.801. The predicted octanol–water partition coefficient (Wildman–Crippen LogP) is 0.532. The van der Waals surface area contributed by atoms with Crippen molar-refractivity contribution in [3.8, 4) is 11.5 Å². The molecule has 2 N–H and O–H groups in total. The first-order valence-corrected chi connectivity index (χ1v) is 5.80. The minimum absolute atomic E-state index is 0.0436. The summed E-state index contributed by atoms with van der Waals surface area (Å²) in [4.78, 5) is 11.3. The summed E-state index contributed by atoms with van der Waals surface area (Å²) in [6, 6.07) is 5.20. The number of fused-ring (bicyclic) bond motifs is 1. The van der Waals surface area contributed by atoms with E-state index in [1.165, 1.54) is 0 Å². The molecule has 0 spiro atoms. The largest absolute Gasteiger partial charge is 0.454 e. The van der Waals surface area contributed by atoms with Gasteiger partial charge in [0, 0.05) is 18.0 Å². The van der Waals surface area contributed by atoms with Crippen molar-refractivity contribution in [1.29, 1.82) is 0 Å². The number of amides is 1. The van der Waals surface area contributed by atoms with Gasteiger partial charge in [-0.1, -0.05) is 6.07 Å². The predicted molar refractivity (Wildman–Crippen MR) is 61.6 cm³/mol. The van der Waals surface area contributed by atoms with Crippen LogP contribution in [0.2, 0.25) is 0 Å². The summed E-state index contributed by atoms with van der Waals surface area (Å²) < 4.78 is 10.5. The Labute approximate surface area is 104 Å². The molecule has 2 heterocycles. The summed E-state index contributed by atoms with van der Waals surface area (Å²) in [6.45, 7) is 2.08. The van der Waals surface area contributed by atoms with E-state index >= 15 is 0 Å². The molecule has 2 atom stereocenters. The van der Waals surface area contributed by atoms with Crippen LogP contribution >= 0.6 is 0 Å². The number of hydrazine groups is 1. The average molecular weight is 250 g/mol. The second-order valence-corrected chi connectivity index (χ2v) is 4.48. The molecule has 3 rings (SSSR count). The fraction of sp³-hybridized carbons (Fsp3) is 0.417. The fourth-order valence-electron chi connectivity index (χ4n) is 2.20. The highest BCUT2D eigenvalue weighted by molar-refractivity contribution is 5.78. The zero-order valence-electron chi connectivity index (χ0n) is 9.92. The van der Waals surface area contributed by atoms with Crippen molar-refractivity contribution in [2.75, 3.05) is 6.79 Å². The molecule has 1 fully saturated rings. The van der Waals surface area contributed by atoms with Crippen LogP contribution in [-0.2, 0) is 4.79 Å². The van der Waals surface area contributed by atoms with Gasteiger partial charge in [0.1, 0.15) is 6.23 Å². The Kier molecular flexibility index (Phi) is 2.61. The number of carbonyl (C=O) groups is 1. The van der Waals surface area contributed by atoms with Crippen molar-refractivity contribution < 1.29 is 19.4 Å². The van der Waals surface area contributed by atoms with Crippen LogP contribution in [-0.4, -0.2) is 28.9 Å². The smallest absolute Gasteiger partial charge is 0.236 e. The highest BCUT2D eigenvalue weighted by Gasteiger charge is 2.32. The van der Waals surface area contributed by atoms with E-state index in [1.807, 2.05) is 6.92 Å². The Morgan fingerprint density at radius 2 is 2.22 bits per heavy atom. The number of rotatable bonds is 2. The van der Waals surface area contributed by atoms with E-state index in [-0.39, 0.29) is 18.7 Å². The maximum atomic E-state index is 11.3. The molecule has 0 aliphatic carbocycles. The number of nitrogens with zero attached hydrogens (tertiary/aromatic N) is 1. The molecule has 18 heavy (non-hydrogen) atoms. The molecule has 0 radical (unpaired) electrons. The van der Waals surface area contributed by atoms with Crippen molar-refractivity contribution in [1.82, 2.24) is 10.4 Å². The molecule has 2 aliphatic rings. The second-order valence-electron chi connectivity index (χ2n) is 4.48. The van der Waals surface area contributed by atoms with Crippen LogP contribution in [0.15, 0.2) is 18.2 Å². The molecule has 6 heteroatoms. The standard InChI is InChI=1S/C12H14N2O4/c1-7-4-11(15)13-14(7)12(16)8-2-3-9-10(5-8)18-6-17-9/h2-3,5,7,12,16H,4,6H2,1H3,(H,13,15)/t7-,12+/m0/s1. The molecular weight excluding hydrogens is 236 g/mol. The molecule has 0 unspecified atom stereocenters. The highest BCUT2D eigenvalue weighted by Crippen LogP contribution is 2.35. The third-order valence-corrected chi connectivity index (χ3v) is 3.17. The first kappa shape index (κ1) is 11.3.